The Kier molecular flexibility index (Phi) is 4.31. The van der Waals surface area contributed by atoms with Crippen molar-refractivity contribution in [2.24, 2.45) is 5.73 Å². The van der Waals surface area contributed by atoms with Gasteiger partial charge in [-0.25, -0.2) is 0 Å². The van der Waals surface area contributed by atoms with Crippen molar-refractivity contribution in [3.8, 4) is 0 Å². The Balaban J connectivity index is 1.93. The van der Waals surface area contributed by atoms with Crippen LogP contribution < -0.4 is 11.1 Å². The molecule has 94 valence electrons. The lowest BCUT2D eigenvalue weighted by Gasteiger charge is -2.07. The maximum absolute atomic E-state index is 10.6. The van der Waals surface area contributed by atoms with Gasteiger partial charge in [-0.15, -0.1) is 0 Å². The zero-order chi connectivity index (χ0) is 12.8. The van der Waals surface area contributed by atoms with Crippen LogP contribution in [0.5, 0.6) is 0 Å². The van der Waals surface area contributed by atoms with Gasteiger partial charge in [0.15, 0.2) is 0 Å². The average molecular weight is 242 g/mol. The molecule has 0 aliphatic heterocycles. The van der Waals surface area contributed by atoms with Crippen LogP contribution in [0.2, 0.25) is 0 Å². The molecule has 2 rings (SSSR count). The molecule has 0 aliphatic rings. The molecule has 3 heteroatoms. The van der Waals surface area contributed by atoms with Crippen LogP contribution in [-0.2, 0) is 11.3 Å². The summed E-state index contributed by atoms with van der Waals surface area (Å²) in [6, 6.07) is 14.7. The molecule has 0 atom stereocenters. The van der Waals surface area contributed by atoms with Gasteiger partial charge in [0, 0.05) is 13.0 Å². The fourth-order valence-electron chi connectivity index (χ4n) is 2.06. The standard InChI is InChI=1S/C15H18N2O/c16-15(18)9-4-10-17-11-13-7-3-6-12-5-1-2-8-14(12)13/h1-3,5-8,17H,4,9-11H2,(H2,16,18). The van der Waals surface area contributed by atoms with E-state index in [-0.39, 0.29) is 5.91 Å². The molecule has 3 N–H and O–H groups in total. The molecule has 2 aromatic carbocycles. The zero-order valence-corrected chi connectivity index (χ0v) is 10.4. The topological polar surface area (TPSA) is 55.1 Å². The second-order valence-electron chi connectivity index (χ2n) is 4.38. The van der Waals surface area contributed by atoms with Crippen molar-refractivity contribution in [3.05, 3.63) is 48.0 Å². The number of nitrogens with two attached hydrogens (primary N) is 1. The van der Waals surface area contributed by atoms with Gasteiger partial charge in [0.25, 0.3) is 0 Å². The molecule has 0 heterocycles. The van der Waals surface area contributed by atoms with E-state index in [2.05, 4.69) is 41.7 Å². The summed E-state index contributed by atoms with van der Waals surface area (Å²) in [6.45, 7) is 1.63. The molecular weight excluding hydrogens is 224 g/mol. The van der Waals surface area contributed by atoms with Crippen LogP contribution in [0, 0.1) is 0 Å². The van der Waals surface area contributed by atoms with E-state index in [0.29, 0.717) is 6.42 Å². The molecule has 0 spiro atoms. The zero-order valence-electron chi connectivity index (χ0n) is 10.4. The van der Waals surface area contributed by atoms with Gasteiger partial charge < -0.3 is 11.1 Å². The Morgan fingerprint density at radius 1 is 1.11 bits per heavy atom. The lowest BCUT2D eigenvalue weighted by molar-refractivity contribution is -0.118. The normalized spacial score (nSPS) is 10.7. The van der Waals surface area contributed by atoms with E-state index in [0.717, 1.165) is 19.5 Å². The number of carbonyl (C=O) groups is 1. The van der Waals surface area contributed by atoms with Crippen LogP contribution in [0.15, 0.2) is 42.5 Å². The number of hydrogen-bond acceptors (Lipinski definition) is 2. The van der Waals surface area contributed by atoms with Crippen LogP contribution >= 0.6 is 0 Å². The average Bonchev–Trinajstić information content (AvgIpc) is 2.38. The maximum atomic E-state index is 10.6. The van der Waals surface area contributed by atoms with Crippen molar-refractivity contribution < 1.29 is 4.79 Å². The van der Waals surface area contributed by atoms with Gasteiger partial charge >= 0.3 is 0 Å². The van der Waals surface area contributed by atoms with Crippen molar-refractivity contribution in [1.29, 1.82) is 0 Å². The van der Waals surface area contributed by atoms with Gasteiger partial charge in [0.2, 0.25) is 5.91 Å². The second-order valence-corrected chi connectivity index (χ2v) is 4.38. The predicted octanol–water partition coefficient (Wildman–Crippen LogP) is 2.19. The van der Waals surface area contributed by atoms with Crippen molar-refractivity contribution >= 4 is 16.7 Å². The summed E-state index contributed by atoms with van der Waals surface area (Å²) in [6.07, 6.45) is 1.24. The van der Waals surface area contributed by atoms with E-state index in [9.17, 15) is 4.79 Å². The fourth-order valence-corrected chi connectivity index (χ4v) is 2.06. The predicted molar refractivity (Wildman–Crippen MR) is 74.1 cm³/mol. The summed E-state index contributed by atoms with van der Waals surface area (Å²) in [7, 11) is 0. The first kappa shape index (κ1) is 12.6. The lowest BCUT2D eigenvalue weighted by atomic mass is 10.0. The van der Waals surface area contributed by atoms with E-state index in [1.54, 1.807) is 0 Å². The third-order valence-electron chi connectivity index (χ3n) is 2.97. The minimum atomic E-state index is -0.234. The number of nitrogens with one attached hydrogen (secondary N) is 1. The number of primary amides is 1. The Morgan fingerprint density at radius 3 is 2.72 bits per heavy atom. The van der Waals surface area contributed by atoms with Gasteiger partial charge in [0.1, 0.15) is 0 Å². The highest BCUT2D eigenvalue weighted by molar-refractivity contribution is 5.85. The van der Waals surface area contributed by atoms with Crippen LogP contribution in [0.1, 0.15) is 18.4 Å². The molecule has 0 bridgehead atoms. The van der Waals surface area contributed by atoms with Gasteiger partial charge in [-0.05, 0) is 29.3 Å². The molecule has 18 heavy (non-hydrogen) atoms. The van der Waals surface area contributed by atoms with Crippen LogP contribution in [0.4, 0.5) is 0 Å². The van der Waals surface area contributed by atoms with Crippen LogP contribution in [0.25, 0.3) is 10.8 Å². The quantitative estimate of drug-likeness (QED) is 0.763. The minimum absolute atomic E-state index is 0.234. The number of benzene rings is 2. The highest BCUT2D eigenvalue weighted by atomic mass is 16.1. The lowest BCUT2D eigenvalue weighted by Crippen LogP contribution is -2.18. The molecule has 1 amide bonds. The molecule has 0 saturated carbocycles. The summed E-state index contributed by atoms with van der Waals surface area (Å²) in [5.74, 6) is -0.234. The Morgan fingerprint density at radius 2 is 1.89 bits per heavy atom. The molecule has 2 aromatic rings. The van der Waals surface area contributed by atoms with Crippen molar-refractivity contribution in [2.75, 3.05) is 6.54 Å². The first-order valence-electron chi connectivity index (χ1n) is 6.23. The third-order valence-corrected chi connectivity index (χ3v) is 2.97. The molecule has 3 nitrogen and oxygen atoms in total. The summed E-state index contributed by atoms with van der Waals surface area (Å²) >= 11 is 0. The second kappa shape index (κ2) is 6.17. The van der Waals surface area contributed by atoms with Crippen molar-refractivity contribution in [1.82, 2.24) is 5.32 Å². The van der Waals surface area contributed by atoms with Gasteiger partial charge in [-0.1, -0.05) is 42.5 Å². The number of carbonyl (C=O) groups excluding carboxylic acids is 1. The van der Waals surface area contributed by atoms with E-state index >= 15 is 0 Å². The van der Waals surface area contributed by atoms with Crippen molar-refractivity contribution in [3.63, 3.8) is 0 Å². The number of hydrogen-bond donors (Lipinski definition) is 2. The summed E-state index contributed by atoms with van der Waals surface area (Å²) in [5.41, 5.74) is 6.38. The number of rotatable bonds is 6. The molecule has 0 fully saturated rings. The molecule has 0 aromatic heterocycles. The highest BCUT2D eigenvalue weighted by Gasteiger charge is 1.99. The SMILES string of the molecule is NC(=O)CCCNCc1cccc2ccccc12. The highest BCUT2D eigenvalue weighted by Crippen LogP contribution is 2.18. The Bertz CT molecular complexity index is 532. The Hall–Kier alpha value is -1.87. The van der Waals surface area contributed by atoms with Crippen molar-refractivity contribution in [2.45, 2.75) is 19.4 Å². The largest absolute Gasteiger partial charge is 0.370 e. The molecule has 0 unspecified atom stereocenters. The molecule has 0 aliphatic carbocycles. The first-order chi connectivity index (χ1) is 8.77. The molecular formula is C15H18N2O. The van der Waals surface area contributed by atoms with E-state index in [1.807, 2.05) is 6.07 Å². The fraction of sp³-hybridized carbons (Fsp3) is 0.267. The molecule has 0 saturated heterocycles. The monoisotopic (exact) mass is 242 g/mol. The first-order valence-corrected chi connectivity index (χ1v) is 6.23. The summed E-state index contributed by atoms with van der Waals surface area (Å²) < 4.78 is 0. The van der Waals surface area contributed by atoms with Gasteiger partial charge in [-0.3, -0.25) is 4.79 Å². The van der Waals surface area contributed by atoms with Crippen LogP contribution in [-0.4, -0.2) is 12.5 Å². The van der Waals surface area contributed by atoms with Crippen LogP contribution in [0.3, 0.4) is 0 Å². The van der Waals surface area contributed by atoms with E-state index in [1.165, 1.54) is 16.3 Å². The smallest absolute Gasteiger partial charge is 0.217 e. The number of fused-ring (bicyclic) bond motifs is 1. The molecule has 0 radical (unpaired) electrons. The Labute approximate surface area is 107 Å². The van der Waals surface area contributed by atoms with E-state index in [4.69, 9.17) is 5.73 Å². The third kappa shape index (κ3) is 3.31. The van der Waals surface area contributed by atoms with Gasteiger partial charge in [0.05, 0.1) is 0 Å². The van der Waals surface area contributed by atoms with E-state index < -0.39 is 0 Å². The van der Waals surface area contributed by atoms with Gasteiger partial charge in [-0.2, -0.15) is 0 Å². The maximum Gasteiger partial charge on any atom is 0.217 e. The summed E-state index contributed by atoms with van der Waals surface area (Å²) in [5, 5.41) is 5.88. The minimum Gasteiger partial charge on any atom is -0.370 e. The summed E-state index contributed by atoms with van der Waals surface area (Å²) in [4.78, 5) is 10.6. The number of amides is 1.